The van der Waals surface area contributed by atoms with Gasteiger partial charge in [-0.1, -0.05) is 0 Å². The normalized spacial score (nSPS) is 14.1. The number of hydrogen-bond acceptors (Lipinski definition) is 0. The third-order valence-corrected chi connectivity index (χ3v) is 1.96. The lowest BCUT2D eigenvalue weighted by Gasteiger charge is -2.10. The molecule has 0 radical (unpaired) electrons. The van der Waals surface area contributed by atoms with Crippen LogP contribution < -0.4 is 0 Å². The molecule has 0 N–H and O–H groups in total. The summed E-state index contributed by atoms with van der Waals surface area (Å²) < 4.78 is 49.4. The Kier molecular flexibility index (Phi) is 3.04. The molecule has 14 heavy (non-hydrogen) atoms. The number of alkyl halides is 4. The summed E-state index contributed by atoms with van der Waals surface area (Å²) in [7, 11) is 0. The zero-order chi connectivity index (χ0) is 10.9. The molecular formula is C9H7ClF4. The van der Waals surface area contributed by atoms with Crippen LogP contribution in [0.3, 0.4) is 0 Å². The highest BCUT2D eigenvalue weighted by Gasteiger charge is 2.31. The Morgan fingerprint density at radius 2 is 1.79 bits per heavy atom. The molecule has 5 heteroatoms. The Hall–Kier alpha value is -0.770. The first-order valence-electron chi connectivity index (χ1n) is 3.82. The van der Waals surface area contributed by atoms with Gasteiger partial charge in [0.2, 0.25) is 0 Å². The molecule has 0 amide bonds. The van der Waals surface area contributed by atoms with Crippen LogP contribution in [0.4, 0.5) is 17.6 Å². The molecule has 0 aliphatic rings. The minimum absolute atomic E-state index is 0.124. The maximum atomic E-state index is 12.8. The van der Waals surface area contributed by atoms with Gasteiger partial charge >= 0.3 is 6.18 Å². The minimum atomic E-state index is -4.54. The summed E-state index contributed by atoms with van der Waals surface area (Å²) in [5.74, 6) is -0.928. The first-order valence-corrected chi connectivity index (χ1v) is 4.26. The third-order valence-electron chi connectivity index (χ3n) is 1.71. The lowest BCUT2D eigenvalue weighted by Crippen LogP contribution is -2.06. The van der Waals surface area contributed by atoms with E-state index in [1.165, 1.54) is 6.92 Å². The Morgan fingerprint density at radius 1 is 1.21 bits per heavy atom. The van der Waals surface area contributed by atoms with Gasteiger partial charge in [-0.2, -0.15) is 13.2 Å². The SMILES string of the molecule is CC(Cl)c1cc(F)cc(C(F)(F)F)c1. The van der Waals surface area contributed by atoms with Crippen molar-refractivity contribution in [1.82, 2.24) is 0 Å². The Bertz CT molecular complexity index is 330. The van der Waals surface area contributed by atoms with E-state index in [2.05, 4.69) is 0 Å². The Labute approximate surface area is 83.5 Å². The van der Waals surface area contributed by atoms with Crippen LogP contribution in [0, 0.1) is 5.82 Å². The van der Waals surface area contributed by atoms with Gasteiger partial charge in [0.25, 0.3) is 0 Å². The quantitative estimate of drug-likeness (QED) is 0.499. The van der Waals surface area contributed by atoms with Gasteiger partial charge in [-0.15, -0.1) is 11.6 Å². The topological polar surface area (TPSA) is 0 Å². The molecule has 0 spiro atoms. The fraction of sp³-hybridized carbons (Fsp3) is 0.333. The van der Waals surface area contributed by atoms with Gasteiger partial charge in [-0.3, -0.25) is 0 Å². The van der Waals surface area contributed by atoms with E-state index in [1.54, 1.807) is 0 Å². The first kappa shape index (κ1) is 11.3. The summed E-state index contributed by atoms with van der Waals surface area (Å²) in [6.07, 6.45) is -4.54. The van der Waals surface area contributed by atoms with Crippen LogP contribution >= 0.6 is 11.6 Å². The molecule has 1 unspecified atom stereocenters. The fourth-order valence-corrected chi connectivity index (χ4v) is 1.13. The second kappa shape index (κ2) is 3.77. The van der Waals surface area contributed by atoms with E-state index in [0.717, 1.165) is 12.1 Å². The minimum Gasteiger partial charge on any atom is -0.207 e. The van der Waals surface area contributed by atoms with Crippen molar-refractivity contribution in [3.63, 3.8) is 0 Å². The molecule has 0 fully saturated rings. The van der Waals surface area contributed by atoms with Crippen LogP contribution in [0.5, 0.6) is 0 Å². The molecular weight excluding hydrogens is 220 g/mol. The highest BCUT2D eigenvalue weighted by molar-refractivity contribution is 6.20. The number of benzene rings is 1. The molecule has 0 bridgehead atoms. The van der Waals surface area contributed by atoms with E-state index in [1.807, 2.05) is 0 Å². The predicted octanol–water partition coefficient (Wildman–Crippen LogP) is 4.14. The maximum absolute atomic E-state index is 12.8. The van der Waals surface area contributed by atoms with Gasteiger partial charge in [-0.05, 0) is 30.7 Å². The Balaban J connectivity index is 3.21. The second-order valence-electron chi connectivity index (χ2n) is 2.89. The standard InChI is InChI=1S/C9H7ClF4/c1-5(10)6-2-7(9(12,13)14)4-8(11)3-6/h2-5H,1H3. The summed E-state index contributed by atoms with van der Waals surface area (Å²) >= 11 is 5.56. The van der Waals surface area contributed by atoms with Crippen LogP contribution in [0.2, 0.25) is 0 Å². The zero-order valence-corrected chi connectivity index (χ0v) is 7.96. The van der Waals surface area contributed by atoms with Gasteiger partial charge < -0.3 is 0 Å². The van der Waals surface area contributed by atoms with Crippen LogP contribution in [-0.4, -0.2) is 0 Å². The summed E-state index contributed by atoms with van der Waals surface area (Å²) in [5, 5.41) is -0.646. The molecule has 0 heterocycles. The van der Waals surface area contributed by atoms with E-state index in [4.69, 9.17) is 11.6 Å². The Morgan fingerprint density at radius 3 is 2.21 bits per heavy atom. The molecule has 78 valence electrons. The zero-order valence-electron chi connectivity index (χ0n) is 7.20. The van der Waals surface area contributed by atoms with E-state index in [9.17, 15) is 17.6 Å². The first-order chi connectivity index (χ1) is 6.30. The third kappa shape index (κ3) is 2.61. The molecule has 1 atom stereocenters. The van der Waals surface area contributed by atoms with Crippen molar-refractivity contribution >= 4 is 11.6 Å². The van der Waals surface area contributed by atoms with E-state index < -0.39 is 22.9 Å². The van der Waals surface area contributed by atoms with E-state index in [-0.39, 0.29) is 5.56 Å². The predicted molar refractivity (Wildman–Crippen MR) is 45.7 cm³/mol. The van der Waals surface area contributed by atoms with Gasteiger partial charge in [-0.25, -0.2) is 4.39 Å². The molecule has 1 aromatic carbocycles. The summed E-state index contributed by atoms with van der Waals surface area (Å²) in [4.78, 5) is 0. The molecule has 1 rings (SSSR count). The highest BCUT2D eigenvalue weighted by Crippen LogP contribution is 2.32. The van der Waals surface area contributed by atoms with E-state index in [0.29, 0.717) is 6.07 Å². The molecule has 0 nitrogen and oxygen atoms in total. The van der Waals surface area contributed by atoms with Gasteiger partial charge in [0, 0.05) is 0 Å². The molecule has 0 aromatic heterocycles. The monoisotopic (exact) mass is 226 g/mol. The molecule has 0 saturated heterocycles. The maximum Gasteiger partial charge on any atom is 0.416 e. The smallest absolute Gasteiger partial charge is 0.207 e. The molecule has 1 aromatic rings. The average Bonchev–Trinajstić information content (AvgIpc) is 2.01. The molecule has 0 aliphatic carbocycles. The van der Waals surface area contributed by atoms with Gasteiger partial charge in [0.1, 0.15) is 5.82 Å². The summed E-state index contributed by atoms with van der Waals surface area (Å²) in [6.45, 7) is 1.48. The van der Waals surface area contributed by atoms with Crippen LogP contribution in [0.15, 0.2) is 18.2 Å². The van der Waals surface area contributed by atoms with Gasteiger partial charge in [0.05, 0.1) is 10.9 Å². The lowest BCUT2D eigenvalue weighted by molar-refractivity contribution is -0.137. The highest BCUT2D eigenvalue weighted by atomic mass is 35.5. The van der Waals surface area contributed by atoms with Crippen molar-refractivity contribution in [3.05, 3.63) is 35.1 Å². The summed E-state index contributed by atoms with van der Waals surface area (Å²) in [5.41, 5.74) is -0.890. The van der Waals surface area contributed by atoms with Crippen LogP contribution in [0.1, 0.15) is 23.4 Å². The van der Waals surface area contributed by atoms with Crippen molar-refractivity contribution in [3.8, 4) is 0 Å². The average molecular weight is 227 g/mol. The second-order valence-corrected chi connectivity index (χ2v) is 3.54. The van der Waals surface area contributed by atoms with Crippen LogP contribution in [0.25, 0.3) is 0 Å². The largest absolute Gasteiger partial charge is 0.416 e. The van der Waals surface area contributed by atoms with Crippen molar-refractivity contribution < 1.29 is 17.6 Å². The van der Waals surface area contributed by atoms with Crippen molar-refractivity contribution in [2.45, 2.75) is 18.5 Å². The van der Waals surface area contributed by atoms with E-state index >= 15 is 0 Å². The van der Waals surface area contributed by atoms with Crippen molar-refractivity contribution in [2.75, 3.05) is 0 Å². The molecule has 0 aliphatic heterocycles. The van der Waals surface area contributed by atoms with Gasteiger partial charge in [0.15, 0.2) is 0 Å². The summed E-state index contributed by atoms with van der Waals surface area (Å²) in [6, 6.07) is 2.29. The van der Waals surface area contributed by atoms with Crippen LogP contribution in [-0.2, 0) is 6.18 Å². The van der Waals surface area contributed by atoms with Crippen molar-refractivity contribution in [2.24, 2.45) is 0 Å². The van der Waals surface area contributed by atoms with Crippen molar-refractivity contribution in [1.29, 1.82) is 0 Å². The number of rotatable bonds is 1. The lowest BCUT2D eigenvalue weighted by atomic mass is 10.1. The number of hydrogen-bond donors (Lipinski definition) is 0. The molecule has 0 saturated carbocycles. The number of halogens is 5. The fourth-order valence-electron chi connectivity index (χ4n) is 1.01.